The molecule has 0 spiro atoms. The third kappa shape index (κ3) is 5.23. The number of rotatable bonds is 6. The van der Waals surface area contributed by atoms with Crippen LogP contribution >= 0.6 is 11.8 Å². The number of amides is 2. The van der Waals surface area contributed by atoms with Crippen LogP contribution in [0.2, 0.25) is 0 Å². The lowest BCUT2D eigenvalue weighted by Crippen LogP contribution is -2.56. The maximum absolute atomic E-state index is 13.8. The van der Waals surface area contributed by atoms with Gasteiger partial charge in [0, 0.05) is 18.8 Å². The molecular formula is C20H28FN3O2S. The summed E-state index contributed by atoms with van der Waals surface area (Å²) >= 11 is 1.45. The summed E-state index contributed by atoms with van der Waals surface area (Å²) in [6, 6.07) is 6.07. The molecule has 0 radical (unpaired) electrons. The Morgan fingerprint density at radius 1 is 1.33 bits per heavy atom. The number of nitrogens with zero attached hydrogens (tertiary/aromatic N) is 1. The molecule has 2 saturated heterocycles. The summed E-state index contributed by atoms with van der Waals surface area (Å²) in [5.41, 5.74) is 0.540. The third-order valence-corrected chi connectivity index (χ3v) is 6.77. The molecule has 1 aromatic carbocycles. The lowest BCUT2D eigenvalue weighted by atomic mass is 9.93. The van der Waals surface area contributed by atoms with Crippen LogP contribution in [0.25, 0.3) is 0 Å². The maximum Gasteiger partial charge on any atom is 0.246 e. The summed E-state index contributed by atoms with van der Waals surface area (Å²) in [5, 5.41) is 5.69. The summed E-state index contributed by atoms with van der Waals surface area (Å²) in [6.07, 6.45) is 3.54. The van der Waals surface area contributed by atoms with Crippen LogP contribution in [0.3, 0.4) is 0 Å². The fourth-order valence-corrected chi connectivity index (χ4v) is 4.92. The average Bonchev–Trinajstić information content (AvgIpc) is 2.69. The molecule has 5 nitrogen and oxygen atoms in total. The van der Waals surface area contributed by atoms with E-state index in [4.69, 9.17) is 0 Å². The first kappa shape index (κ1) is 20.1. The maximum atomic E-state index is 13.8. The number of halogens is 1. The van der Waals surface area contributed by atoms with Crippen molar-refractivity contribution in [3.05, 3.63) is 35.6 Å². The van der Waals surface area contributed by atoms with E-state index in [9.17, 15) is 14.0 Å². The number of hydrogen-bond acceptors (Lipinski definition) is 4. The number of hydrogen-bond donors (Lipinski definition) is 2. The van der Waals surface area contributed by atoms with E-state index in [-0.39, 0.29) is 22.9 Å². The predicted octanol–water partition coefficient (Wildman–Crippen LogP) is 1.82. The lowest BCUT2D eigenvalue weighted by Gasteiger charge is -2.36. The molecule has 2 N–H and O–H groups in total. The normalized spacial score (nSPS) is 23.9. The van der Waals surface area contributed by atoms with E-state index in [0.29, 0.717) is 23.7 Å². The Morgan fingerprint density at radius 2 is 2.07 bits per heavy atom. The van der Waals surface area contributed by atoms with Crippen LogP contribution in [-0.4, -0.2) is 60.4 Å². The second-order valence-electron chi connectivity index (χ2n) is 7.34. The summed E-state index contributed by atoms with van der Waals surface area (Å²) in [7, 11) is 1.96. The van der Waals surface area contributed by atoms with Crippen molar-refractivity contribution < 1.29 is 14.0 Å². The number of carbonyl (C=O) groups is 2. The number of thioether (sulfide) groups is 1. The minimum absolute atomic E-state index is 0.0206. The monoisotopic (exact) mass is 393 g/mol. The molecule has 1 aromatic rings. The fourth-order valence-electron chi connectivity index (χ4n) is 3.75. The molecule has 148 valence electrons. The Hall–Kier alpha value is -1.60. The highest BCUT2D eigenvalue weighted by molar-refractivity contribution is 8.00. The zero-order valence-electron chi connectivity index (χ0n) is 15.7. The van der Waals surface area contributed by atoms with Crippen LogP contribution < -0.4 is 10.6 Å². The van der Waals surface area contributed by atoms with Crippen LogP contribution in [0.4, 0.5) is 4.39 Å². The Balaban J connectivity index is 1.48. The van der Waals surface area contributed by atoms with Crippen molar-refractivity contribution in [1.82, 2.24) is 15.5 Å². The zero-order valence-corrected chi connectivity index (χ0v) is 16.6. The molecule has 3 rings (SSSR count). The lowest BCUT2D eigenvalue weighted by molar-refractivity contribution is -0.137. The van der Waals surface area contributed by atoms with E-state index >= 15 is 0 Å². The Morgan fingerprint density at radius 3 is 2.74 bits per heavy atom. The van der Waals surface area contributed by atoms with Crippen LogP contribution in [0, 0.1) is 11.7 Å². The van der Waals surface area contributed by atoms with Crippen molar-refractivity contribution >= 4 is 23.6 Å². The van der Waals surface area contributed by atoms with E-state index in [0.717, 1.165) is 38.9 Å². The molecule has 0 bridgehead atoms. The van der Waals surface area contributed by atoms with Gasteiger partial charge in [0.15, 0.2) is 0 Å². The second kappa shape index (κ2) is 9.55. The minimum Gasteiger partial charge on any atom is -0.343 e. The molecule has 0 saturated carbocycles. The molecule has 2 unspecified atom stereocenters. The van der Waals surface area contributed by atoms with Crippen molar-refractivity contribution in [1.29, 1.82) is 0 Å². The Bertz CT molecular complexity index is 664. The molecule has 2 aliphatic heterocycles. The van der Waals surface area contributed by atoms with Crippen LogP contribution in [-0.2, 0) is 16.0 Å². The quantitative estimate of drug-likeness (QED) is 0.774. The number of benzene rings is 1. The number of carbonyl (C=O) groups excluding carboxylic acids is 2. The second-order valence-corrected chi connectivity index (χ2v) is 8.58. The van der Waals surface area contributed by atoms with Gasteiger partial charge < -0.3 is 15.5 Å². The smallest absolute Gasteiger partial charge is 0.246 e. The standard InChI is InChI=1S/C20H28FN3O2S/c1-22-9-6-14-7-10-24(11-8-14)20(26)17-13-27-18(19(25)23-17)12-15-4-2-3-5-16(15)21/h2-5,14,17-18,22H,6-13H2,1H3,(H,23,25). The first-order chi connectivity index (χ1) is 13.1. The number of likely N-dealkylation sites (tertiary alicyclic amines) is 1. The third-order valence-electron chi connectivity index (χ3n) is 5.46. The molecule has 0 aromatic heterocycles. The van der Waals surface area contributed by atoms with Crippen molar-refractivity contribution in [3.63, 3.8) is 0 Å². The van der Waals surface area contributed by atoms with E-state index in [1.54, 1.807) is 18.2 Å². The average molecular weight is 394 g/mol. The van der Waals surface area contributed by atoms with Gasteiger partial charge in [-0.25, -0.2) is 4.39 Å². The zero-order chi connectivity index (χ0) is 19.2. The fraction of sp³-hybridized carbons (Fsp3) is 0.600. The highest BCUT2D eigenvalue weighted by Gasteiger charge is 2.35. The summed E-state index contributed by atoms with van der Waals surface area (Å²) in [4.78, 5) is 27.1. The van der Waals surface area contributed by atoms with Crippen LogP contribution in [0.15, 0.2) is 24.3 Å². The molecule has 7 heteroatoms. The molecule has 2 atom stereocenters. The molecule has 2 fully saturated rings. The molecule has 2 heterocycles. The summed E-state index contributed by atoms with van der Waals surface area (Å²) in [5.74, 6) is 0.778. The minimum atomic E-state index is -0.465. The van der Waals surface area contributed by atoms with Crippen LogP contribution in [0.5, 0.6) is 0 Å². The van der Waals surface area contributed by atoms with Gasteiger partial charge in [-0.2, -0.15) is 0 Å². The van der Waals surface area contributed by atoms with Gasteiger partial charge in [-0.05, 0) is 56.8 Å². The van der Waals surface area contributed by atoms with Crippen molar-refractivity contribution in [2.75, 3.05) is 32.4 Å². The molecule has 0 aliphatic carbocycles. The van der Waals surface area contributed by atoms with Gasteiger partial charge >= 0.3 is 0 Å². The van der Waals surface area contributed by atoms with Gasteiger partial charge in [-0.3, -0.25) is 9.59 Å². The number of piperidine rings is 1. The van der Waals surface area contributed by atoms with Crippen molar-refractivity contribution in [3.8, 4) is 0 Å². The summed E-state index contributed by atoms with van der Waals surface area (Å²) in [6.45, 7) is 2.54. The topological polar surface area (TPSA) is 61.4 Å². The molecule has 27 heavy (non-hydrogen) atoms. The first-order valence-corrected chi connectivity index (χ1v) is 10.7. The highest BCUT2D eigenvalue weighted by atomic mass is 32.2. The van der Waals surface area contributed by atoms with E-state index in [1.165, 1.54) is 17.8 Å². The Kier molecular flexibility index (Phi) is 7.13. The van der Waals surface area contributed by atoms with Gasteiger partial charge in [0.05, 0.1) is 5.25 Å². The van der Waals surface area contributed by atoms with E-state index in [1.807, 2.05) is 11.9 Å². The number of nitrogens with one attached hydrogen (secondary N) is 2. The van der Waals surface area contributed by atoms with Gasteiger partial charge in [-0.1, -0.05) is 18.2 Å². The highest BCUT2D eigenvalue weighted by Crippen LogP contribution is 2.25. The van der Waals surface area contributed by atoms with Crippen LogP contribution in [0.1, 0.15) is 24.8 Å². The van der Waals surface area contributed by atoms with Crippen molar-refractivity contribution in [2.45, 2.75) is 37.0 Å². The Labute approximate surface area is 164 Å². The van der Waals surface area contributed by atoms with Gasteiger partial charge in [0.1, 0.15) is 11.9 Å². The first-order valence-electron chi connectivity index (χ1n) is 9.67. The largest absolute Gasteiger partial charge is 0.343 e. The van der Waals surface area contributed by atoms with E-state index in [2.05, 4.69) is 10.6 Å². The van der Waals surface area contributed by atoms with E-state index < -0.39 is 6.04 Å². The predicted molar refractivity (Wildman–Crippen MR) is 106 cm³/mol. The van der Waals surface area contributed by atoms with Crippen molar-refractivity contribution in [2.24, 2.45) is 5.92 Å². The SMILES string of the molecule is CNCCC1CCN(C(=O)C2CSC(Cc3ccccc3F)C(=O)N2)CC1. The molecule has 2 aliphatic rings. The molecular weight excluding hydrogens is 365 g/mol. The molecule has 2 amide bonds. The van der Waals surface area contributed by atoms with Gasteiger partial charge in [0.2, 0.25) is 11.8 Å². The summed E-state index contributed by atoms with van der Waals surface area (Å²) < 4.78 is 13.8. The van der Waals surface area contributed by atoms with Gasteiger partial charge in [0.25, 0.3) is 0 Å². The van der Waals surface area contributed by atoms with Gasteiger partial charge in [-0.15, -0.1) is 11.8 Å².